The lowest BCUT2D eigenvalue weighted by atomic mass is 9.90. The first kappa shape index (κ1) is 16.5. The van der Waals surface area contributed by atoms with Crippen molar-refractivity contribution in [3.8, 4) is 0 Å². The Morgan fingerprint density at radius 2 is 1.25 bits per heavy atom. The topological polar surface area (TPSA) is 50.5 Å². The van der Waals surface area contributed by atoms with Gasteiger partial charge < -0.3 is 0 Å². The van der Waals surface area contributed by atoms with Gasteiger partial charge in [-0.05, 0) is 51.0 Å². The normalized spacial score (nSPS) is 22.4. The largest absolute Gasteiger partial charge is 0.282 e. The molecule has 1 saturated carbocycles. The third-order valence-corrected chi connectivity index (χ3v) is 4.48. The van der Waals surface area contributed by atoms with Gasteiger partial charge in [0.1, 0.15) is 0 Å². The van der Waals surface area contributed by atoms with Crippen LogP contribution in [0.25, 0.3) is 0 Å². The summed E-state index contributed by atoms with van der Waals surface area (Å²) in [5, 5.41) is 0. The second kappa shape index (κ2) is 7.95. The number of hydrogen-bond donors (Lipinski definition) is 0. The van der Waals surface area contributed by atoms with E-state index in [-0.39, 0.29) is 12.1 Å². The molecule has 0 radical (unpaired) electrons. The molecule has 4 nitrogen and oxygen atoms in total. The minimum Gasteiger partial charge on any atom is -0.282 e. The van der Waals surface area contributed by atoms with Gasteiger partial charge in [0.15, 0.2) is 0 Å². The van der Waals surface area contributed by atoms with E-state index in [1.54, 1.807) is 0 Å². The average molecular weight is 320 g/mol. The van der Waals surface area contributed by atoms with Gasteiger partial charge in [0.05, 0.1) is 34.9 Å². The van der Waals surface area contributed by atoms with Crippen LogP contribution in [0, 0.1) is 0 Å². The summed E-state index contributed by atoms with van der Waals surface area (Å²) < 4.78 is 0. The average Bonchev–Trinajstić information content (AvgIpc) is 2.64. The Hall–Kier alpha value is -2.36. The lowest BCUT2D eigenvalue weighted by Crippen LogP contribution is -2.29. The standard InChI is InChI=1S/C20H24N4/c1-15(17-9-5-7-13-21-17)23-19-11-3-4-12-20(19)24-16(2)18-10-6-8-14-22-18/h5-10,13-14,19-20H,3-4,11-12H2,1-2H3. The SMILES string of the molecule is CC(=NC1CCCCC1N=C(C)c1ccccn1)c1ccccn1. The van der Waals surface area contributed by atoms with Crippen LogP contribution in [0.4, 0.5) is 0 Å². The number of aliphatic imine (C=N–C) groups is 2. The summed E-state index contributed by atoms with van der Waals surface area (Å²) in [7, 11) is 0. The Kier molecular flexibility index (Phi) is 5.47. The van der Waals surface area contributed by atoms with Gasteiger partial charge in [-0.25, -0.2) is 0 Å². The molecule has 24 heavy (non-hydrogen) atoms. The molecule has 1 fully saturated rings. The molecule has 0 aromatic carbocycles. The van der Waals surface area contributed by atoms with Gasteiger partial charge in [-0.3, -0.25) is 20.0 Å². The van der Waals surface area contributed by atoms with Crippen LogP contribution in [0.5, 0.6) is 0 Å². The van der Waals surface area contributed by atoms with Crippen LogP contribution < -0.4 is 0 Å². The molecule has 2 aromatic rings. The van der Waals surface area contributed by atoms with Crippen LogP contribution >= 0.6 is 0 Å². The van der Waals surface area contributed by atoms with Gasteiger partial charge in [-0.1, -0.05) is 25.0 Å². The van der Waals surface area contributed by atoms with Gasteiger partial charge in [0, 0.05) is 12.4 Å². The molecule has 0 bridgehead atoms. The summed E-state index contributed by atoms with van der Waals surface area (Å²) in [4.78, 5) is 18.7. The zero-order chi connectivity index (χ0) is 16.8. The summed E-state index contributed by atoms with van der Waals surface area (Å²) in [5.74, 6) is 0. The highest BCUT2D eigenvalue weighted by atomic mass is 14.9. The van der Waals surface area contributed by atoms with Gasteiger partial charge >= 0.3 is 0 Å². The summed E-state index contributed by atoms with van der Waals surface area (Å²) in [6, 6.07) is 12.4. The fourth-order valence-corrected chi connectivity index (χ4v) is 3.18. The lowest BCUT2D eigenvalue weighted by molar-refractivity contribution is 0.388. The molecule has 0 amide bonds. The molecule has 2 heterocycles. The fourth-order valence-electron chi connectivity index (χ4n) is 3.18. The highest BCUT2D eigenvalue weighted by molar-refractivity contribution is 5.97. The first-order chi connectivity index (χ1) is 11.7. The van der Waals surface area contributed by atoms with E-state index in [1.165, 1.54) is 12.8 Å². The van der Waals surface area contributed by atoms with Crippen molar-refractivity contribution in [1.82, 2.24) is 9.97 Å². The summed E-state index contributed by atoms with van der Waals surface area (Å²) in [6.07, 6.45) is 8.25. The molecular weight excluding hydrogens is 296 g/mol. The Bertz CT molecular complexity index is 643. The van der Waals surface area contributed by atoms with Gasteiger partial charge in [-0.2, -0.15) is 0 Å². The maximum Gasteiger partial charge on any atom is 0.0837 e. The Balaban J connectivity index is 1.81. The molecule has 124 valence electrons. The zero-order valence-corrected chi connectivity index (χ0v) is 14.4. The van der Waals surface area contributed by atoms with Gasteiger partial charge in [0.2, 0.25) is 0 Å². The van der Waals surface area contributed by atoms with Gasteiger partial charge in [0.25, 0.3) is 0 Å². The number of aromatic nitrogens is 2. The van der Waals surface area contributed by atoms with Gasteiger partial charge in [-0.15, -0.1) is 0 Å². The predicted octanol–water partition coefficient (Wildman–Crippen LogP) is 4.11. The third kappa shape index (κ3) is 4.13. The summed E-state index contributed by atoms with van der Waals surface area (Å²) in [5.41, 5.74) is 3.90. The zero-order valence-electron chi connectivity index (χ0n) is 14.4. The highest BCUT2D eigenvalue weighted by Gasteiger charge is 2.24. The highest BCUT2D eigenvalue weighted by Crippen LogP contribution is 2.25. The van der Waals surface area contributed by atoms with Crippen molar-refractivity contribution in [2.45, 2.75) is 51.6 Å². The minimum atomic E-state index is 0.236. The Morgan fingerprint density at radius 3 is 1.62 bits per heavy atom. The lowest BCUT2D eigenvalue weighted by Gasteiger charge is -2.27. The summed E-state index contributed by atoms with van der Waals surface area (Å²) >= 11 is 0. The smallest absolute Gasteiger partial charge is 0.0837 e. The Labute approximate surface area is 143 Å². The fraction of sp³-hybridized carbons (Fsp3) is 0.400. The monoisotopic (exact) mass is 320 g/mol. The molecule has 0 spiro atoms. The first-order valence-corrected chi connectivity index (χ1v) is 8.65. The molecule has 2 aromatic heterocycles. The predicted molar refractivity (Wildman–Crippen MR) is 98.9 cm³/mol. The number of hydrogen-bond acceptors (Lipinski definition) is 4. The van der Waals surface area contributed by atoms with Crippen LogP contribution in [-0.2, 0) is 0 Å². The molecule has 1 aliphatic rings. The van der Waals surface area contributed by atoms with E-state index >= 15 is 0 Å². The van der Waals surface area contributed by atoms with Crippen LogP contribution in [0.1, 0.15) is 50.9 Å². The summed E-state index contributed by atoms with van der Waals surface area (Å²) in [6.45, 7) is 4.09. The molecular formula is C20H24N4. The van der Waals surface area contributed by atoms with Crippen molar-refractivity contribution < 1.29 is 0 Å². The second-order valence-corrected chi connectivity index (χ2v) is 6.28. The maximum absolute atomic E-state index is 4.96. The van der Waals surface area contributed by atoms with Crippen molar-refractivity contribution in [3.05, 3.63) is 60.2 Å². The molecule has 2 unspecified atom stereocenters. The van der Waals surface area contributed by atoms with E-state index in [0.717, 1.165) is 35.7 Å². The molecule has 0 N–H and O–H groups in total. The molecule has 4 heteroatoms. The Morgan fingerprint density at radius 1 is 0.792 bits per heavy atom. The molecule has 0 aliphatic heterocycles. The van der Waals surface area contributed by atoms with E-state index in [1.807, 2.05) is 62.6 Å². The first-order valence-electron chi connectivity index (χ1n) is 8.65. The maximum atomic E-state index is 4.96. The number of rotatable bonds is 4. The van der Waals surface area contributed by atoms with Crippen molar-refractivity contribution in [2.24, 2.45) is 9.98 Å². The van der Waals surface area contributed by atoms with E-state index in [4.69, 9.17) is 9.98 Å². The van der Waals surface area contributed by atoms with Crippen LogP contribution in [0.2, 0.25) is 0 Å². The third-order valence-electron chi connectivity index (χ3n) is 4.48. The van der Waals surface area contributed by atoms with Crippen LogP contribution in [0.3, 0.4) is 0 Å². The number of pyridine rings is 2. The van der Waals surface area contributed by atoms with Crippen molar-refractivity contribution in [3.63, 3.8) is 0 Å². The minimum absolute atomic E-state index is 0.236. The molecule has 2 atom stereocenters. The van der Waals surface area contributed by atoms with E-state index in [0.29, 0.717) is 0 Å². The van der Waals surface area contributed by atoms with E-state index in [9.17, 15) is 0 Å². The van der Waals surface area contributed by atoms with E-state index < -0.39 is 0 Å². The van der Waals surface area contributed by atoms with Crippen molar-refractivity contribution in [1.29, 1.82) is 0 Å². The van der Waals surface area contributed by atoms with Crippen molar-refractivity contribution >= 4 is 11.4 Å². The van der Waals surface area contributed by atoms with Crippen LogP contribution in [-0.4, -0.2) is 33.5 Å². The van der Waals surface area contributed by atoms with Crippen LogP contribution in [0.15, 0.2) is 58.8 Å². The van der Waals surface area contributed by atoms with E-state index in [2.05, 4.69) is 9.97 Å². The molecule has 3 rings (SSSR count). The quantitative estimate of drug-likeness (QED) is 0.796. The molecule has 0 saturated heterocycles. The molecule has 1 aliphatic carbocycles. The van der Waals surface area contributed by atoms with Crippen molar-refractivity contribution in [2.75, 3.05) is 0 Å². The number of nitrogens with zero attached hydrogens (tertiary/aromatic N) is 4. The second-order valence-electron chi connectivity index (χ2n) is 6.28.